The number of carboxylic acid groups (broad SMARTS) is 1. The lowest BCUT2D eigenvalue weighted by atomic mass is 9.62. The van der Waals surface area contributed by atoms with Crippen molar-refractivity contribution in [2.75, 3.05) is 5.32 Å². The summed E-state index contributed by atoms with van der Waals surface area (Å²) in [5.41, 5.74) is 3.44. The topological polar surface area (TPSA) is 90.2 Å². The zero-order valence-electron chi connectivity index (χ0n) is 17.9. The third kappa shape index (κ3) is 3.79. The van der Waals surface area contributed by atoms with E-state index in [0.717, 1.165) is 28.8 Å². The van der Waals surface area contributed by atoms with Crippen molar-refractivity contribution in [1.29, 1.82) is 5.26 Å². The van der Waals surface area contributed by atoms with Gasteiger partial charge in [0.05, 0.1) is 17.4 Å². The Balaban J connectivity index is 1.64. The summed E-state index contributed by atoms with van der Waals surface area (Å²) in [6.07, 6.45) is 5.57. The quantitative estimate of drug-likeness (QED) is 0.602. The van der Waals surface area contributed by atoms with Crippen LogP contribution in [-0.2, 0) is 9.59 Å². The summed E-state index contributed by atoms with van der Waals surface area (Å²) < 4.78 is 0. The second kappa shape index (κ2) is 8.32. The maximum Gasteiger partial charge on any atom is 0.307 e. The highest BCUT2D eigenvalue weighted by atomic mass is 32.1. The normalized spacial score (nSPS) is 24.2. The van der Waals surface area contributed by atoms with E-state index in [0.29, 0.717) is 16.5 Å². The number of thiophene rings is 1. The molecule has 5 nitrogen and oxygen atoms in total. The summed E-state index contributed by atoms with van der Waals surface area (Å²) in [6.45, 7) is 6.21. The molecular formula is C25H26N2O3S. The van der Waals surface area contributed by atoms with Crippen molar-refractivity contribution >= 4 is 28.2 Å². The molecule has 6 heteroatoms. The van der Waals surface area contributed by atoms with Gasteiger partial charge in [-0.3, -0.25) is 9.59 Å². The predicted molar refractivity (Wildman–Crippen MR) is 122 cm³/mol. The summed E-state index contributed by atoms with van der Waals surface area (Å²) in [4.78, 5) is 26.0. The summed E-state index contributed by atoms with van der Waals surface area (Å²) in [7, 11) is 0. The zero-order valence-corrected chi connectivity index (χ0v) is 18.7. The Morgan fingerprint density at radius 3 is 2.26 bits per heavy atom. The number of aryl methyl sites for hydroxylation is 1. The summed E-state index contributed by atoms with van der Waals surface area (Å²) in [6, 6.07) is 10.4. The zero-order chi connectivity index (χ0) is 22.3. The van der Waals surface area contributed by atoms with Gasteiger partial charge < -0.3 is 10.4 Å². The van der Waals surface area contributed by atoms with Gasteiger partial charge in [-0.25, -0.2) is 0 Å². The van der Waals surface area contributed by atoms with E-state index in [1.165, 1.54) is 16.9 Å². The molecule has 1 heterocycles. The van der Waals surface area contributed by atoms with E-state index in [1.54, 1.807) is 0 Å². The van der Waals surface area contributed by atoms with E-state index in [-0.39, 0.29) is 17.7 Å². The van der Waals surface area contributed by atoms with Gasteiger partial charge in [-0.1, -0.05) is 50.3 Å². The van der Waals surface area contributed by atoms with Crippen molar-refractivity contribution in [3.8, 4) is 17.2 Å². The number of nitriles is 1. The van der Waals surface area contributed by atoms with Crippen LogP contribution in [-0.4, -0.2) is 17.0 Å². The van der Waals surface area contributed by atoms with Gasteiger partial charge in [-0.2, -0.15) is 5.26 Å². The van der Waals surface area contributed by atoms with Crippen LogP contribution < -0.4 is 5.32 Å². The van der Waals surface area contributed by atoms with Crippen LogP contribution >= 0.6 is 11.3 Å². The van der Waals surface area contributed by atoms with Gasteiger partial charge in [0.15, 0.2) is 0 Å². The number of nitrogens with one attached hydrogen (secondary N) is 1. The first kappa shape index (κ1) is 21.3. The number of nitrogens with zero attached hydrogens (tertiary/aromatic N) is 1. The Morgan fingerprint density at radius 2 is 1.74 bits per heavy atom. The number of carboxylic acids is 1. The van der Waals surface area contributed by atoms with Crippen molar-refractivity contribution in [3.05, 3.63) is 52.4 Å². The number of fused-ring (bicyclic) bond motifs is 2. The number of carbonyl (C=O) groups is 2. The summed E-state index contributed by atoms with van der Waals surface area (Å²) >= 11 is 1.37. The van der Waals surface area contributed by atoms with E-state index >= 15 is 0 Å². The van der Waals surface area contributed by atoms with Gasteiger partial charge >= 0.3 is 5.97 Å². The molecule has 4 atom stereocenters. The fraction of sp³-hybridized carbons (Fsp3) is 0.400. The van der Waals surface area contributed by atoms with Gasteiger partial charge in [0, 0.05) is 10.4 Å². The molecule has 2 N–H and O–H groups in total. The van der Waals surface area contributed by atoms with Crippen LogP contribution in [0.15, 0.2) is 36.4 Å². The third-order valence-corrected chi connectivity index (χ3v) is 7.66. The SMILES string of the molecule is Cc1sc(NC(=O)[C@@H]2[C@H](C(=O)O)[C@H]3C=C[C@H]2CC3)c(C#N)c1-c1ccc(C(C)C)cc1. The minimum atomic E-state index is -0.923. The first-order chi connectivity index (χ1) is 14.8. The molecule has 1 amide bonds. The van der Waals surface area contributed by atoms with Crippen LogP contribution in [0, 0.1) is 41.9 Å². The molecular weight excluding hydrogens is 408 g/mol. The van der Waals surface area contributed by atoms with Crippen molar-refractivity contribution in [3.63, 3.8) is 0 Å². The third-order valence-electron chi connectivity index (χ3n) is 6.64. The lowest BCUT2D eigenvalue weighted by Crippen LogP contribution is -2.47. The molecule has 0 unspecified atom stereocenters. The second-order valence-corrected chi connectivity index (χ2v) is 10.0. The molecule has 1 aromatic carbocycles. The predicted octanol–water partition coefficient (Wildman–Crippen LogP) is 5.57. The molecule has 1 aromatic heterocycles. The first-order valence-electron chi connectivity index (χ1n) is 10.7. The van der Waals surface area contributed by atoms with E-state index < -0.39 is 17.8 Å². The highest BCUT2D eigenvalue weighted by molar-refractivity contribution is 7.17. The van der Waals surface area contributed by atoms with E-state index in [9.17, 15) is 20.0 Å². The lowest BCUT2D eigenvalue weighted by molar-refractivity contribution is -0.151. The number of carbonyl (C=O) groups excluding carboxylic acids is 1. The number of amides is 1. The largest absolute Gasteiger partial charge is 0.481 e. The monoisotopic (exact) mass is 434 g/mol. The van der Waals surface area contributed by atoms with E-state index in [1.807, 2.05) is 31.2 Å². The standard InChI is InChI=1S/C25H26N2O3S/c1-13(2)15-4-6-16(7-5-15)20-14(3)31-24(19(20)12-26)27-23(28)21-17-8-10-18(11-9-17)22(21)25(29)30/h4-8,10,13,17-18,21-22H,9,11H2,1-3H3,(H,27,28)(H,29,30)/t17-,18-,21-,22+/m0/s1. The van der Waals surface area contributed by atoms with Crippen LogP contribution in [0.5, 0.6) is 0 Å². The molecule has 2 bridgehead atoms. The van der Waals surface area contributed by atoms with Crippen molar-refractivity contribution in [1.82, 2.24) is 0 Å². The van der Waals surface area contributed by atoms with Gasteiger partial charge in [0.1, 0.15) is 11.1 Å². The minimum absolute atomic E-state index is 0.0688. The van der Waals surface area contributed by atoms with Crippen LogP contribution in [0.1, 0.15) is 48.6 Å². The fourth-order valence-corrected chi connectivity index (χ4v) is 6.03. The molecule has 0 radical (unpaired) electrons. The van der Waals surface area contributed by atoms with Gasteiger partial charge in [-0.15, -0.1) is 11.3 Å². The van der Waals surface area contributed by atoms with Crippen molar-refractivity contribution in [2.45, 2.75) is 39.5 Å². The maximum atomic E-state index is 13.2. The Kier molecular flexibility index (Phi) is 5.72. The fourth-order valence-electron chi connectivity index (χ4n) is 5.01. The maximum absolute atomic E-state index is 13.2. The molecule has 0 spiro atoms. The Labute approximate surface area is 186 Å². The van der Waals surface area contributed by atoms with Gasteiger partial charge in [0.2, 0.25) is 5.91 Å². The molecule has 1 saturated carbocycles. The highest BCUT2D eigenvalue weighted by Gasteiger charge is 2.48. The molecule has 3 aliphatic carbocycles. The van der Waals surface area contributed by atoms with E-state index in [4.69, 9.17) is 0 Å². The Hall–Kier alpha value is -2.91. The van der Waals surface area contributed by atoms with Crippen LogP contribution in [0.25, 0.3) is 11.1 Å². The second-order valence-electron chi connectivity index (χ2n) is 8.79. The Bertz CT molecular complexity index is 1090. The molecule has 160 valence electrons. The van der Waals surface area contributed by atoms with Crippen molar-refractivity contribution < 1.29 is 14.7 Å². The average Bonchev–Trinajstić information content (AvgIpc) is 3.08. The smallest absolute Gasteiger partial charge is 0.307 e. The first-order valence-corrected chi connectivity index (χ1v) is 11.5. The highest BCUT2D eigenvalue weighted by Crippen LogP contribution is 2.46. The lowest BCUT2D eigenvalue weighted by Gasteiger charge is -2.41. The number of hydrogen-bond donors (Lipinski definition) is 2. The average molecular weight is 435 g/mol. The molecule has 3 aliphatic rings. The number of rotatable bonds is 5. The van der Waals surface area contributed by atoms with Crippen LogP contribution in [0.3, 0.4) is 0 Å². The minimum Gasteiger partial charge on any atom is -0.481 e. The number of benzene rings is 1. The molecule has 0 saturated heterocycles. The molecule has 31 heavy (non-hydrogen) atoms. The van der Waals surface area contributed by atoms with Crippen LogP contribution in [0.4, 0.5) is 5.00 Å². The Morgan fingerprint density at radius 1 is 1.13 bits per heavy atom. The number of allylic oxidation sites excluding steroid dienone is 2. The molecule has 0 aliphatic heterocycles. The number of hydrogen-bond acceptors (Lipinski definition) is 4. The van der Waals surface area contributed by atoms with E-state index in [2.05, 4.69) is 37.4 Å². The summed E-state index contributed by atoms with van der Waals surface area (Å²) in [5.74, 6) is -2.29. The van der Waals surface area contributed by atoms with Crippen molar-refractivity contribution in [2.24, 2.45) is 23.7 Å². The molecule has 1 fully saturated rings. The summed E-state index contributed by atoms with van der Waals surface area (Å²) in [5, 5.41) is 23.1. The number of anilines is 1. The van der Waals surface area contributed by atoms with Crippen LogP contribution in [0.2, 0.25) is 0 Å². The van der Waals surface area contributed by atoms with Gasteiger partial charge in [-0.05, 0) is 48.6 Å². The molecule has 2 aromatic rings. The van der Waals surface area contributed by atoms with Gasteiger partial charge in [0.25, 0.3) is 0 Å². The molecule has 5 rings (SSSR count). The number of aliphatic carboxylic acids is 1.